The van der Waals surface area contributed by atoms with E-state index in [9.17, 15) is 9.18 Å². The van der Waals surface area contributed by atoms with E-state index in [0.29, 0.717) is 16.7 Å². The molecular weight excluding hydrogens is 393 g/mol. The van der Waals surface area contributed by atoms with Crippen LogP contribution in [0, 0.1) is 23.1 Å². The number of hydrogen-bond acceptors (Lipinski definition) is 1. The minimum absolute atomic E-state index is 0.134. The predicted molar refractivity (Wildman–Crippen MR) is 103 cm³/mol. The number of carbonyl (C=O) groups is 1. The second kappa shape index (κ2) is 6.05. The van der Waals surface area contributed by atoms with E-state index in [1.165, 1.54) is 50.7 Å². The fourth-order valence-electron chi connectivity index (χ4n) is 7.06. The molecule has 4 aliphatic carbocycles. The number of likely N-dealkylation sites (tertiary alicyclic amines) is 1. The molecule has 0 N–H and O–H groups in total. The van der Waals surface area contributed by atoms with Crippen LogP contribution in [0.25, 0.3) is 0 Å². The predicted octanol–water partition coefficient (Wildman–Crippen LogP) is 5.61. The van der Waals surface area contributed by atoms with Gasteiger partial charge in [-0.15, -0.1) is 0 Å². The third kappa shape index (κ3) is 2.93. The molecule has 1 amide bonds. The molecule has 5 fully saturated rings. The first-order valence-corrected chi connectivity index (χ1v) is 11.0. The van der Waals surface area contributed by atoms with Gasteiger partial charge in [0.25, 0.3) is 0 Å². The van der Waals surface area contributed by atoms with Crippen LogP contribution in [0.4, 0.5) is 4.39 Å². The number of benzene rings is 1. The average Bonchev–Trinajstić information content (AvgIpc) is 3.02. The lowest BCUT2D eigenvalue weighted by Crippen LogP contribution is -2.54. The van der Waals surface area contributed by atoms with Gasteiger partial charge in [-0.2, -0.15) is 0 Å². The van der Waals surface area contributed by atoms with Gasteiger partial charge in [-0.1, -0.05) is 28.1 Å². The zero-order valence-electron chi connectivity index (χ0n) is 15.2. The molecule has 4 bridgehead atoms. The molecule has 1 aromatic carbocycles. The first kappa shape index (κ1) is 17.2. The van der Waals surface area contributed by atoms with Crippen molar-refractivity contribution < 1.29 is 9.18 Å². The maximum absolute atomic E-state index is 13.3. The molecule has 3 atom stereocenters. The van der Waals surface area contributed by atoms with E-state index in [1.54, 1.807) is 0 Å². The fraction of sp³-hybridized carbons (Fsp3) is 0.682. The Morgan fingerprint density at radius 1 is 1.15 bits per heavy atom. The quantitative estimate of drug-likeness (QED) is 0.582. The van der Waals surface area contributed by atoms with E-state index in [1.807, 2.05) is 12.1 Å². The van der Waals surface area contributed by atoms with E-state index in [4.69, 9.17) is 0 Å². The minimum Gasteiger partial charge on any atom is -0.336 e. The highest BCUT2D eigenvalue weighted by atomic mass is 79.9. The Bertz CT molecular complexity index is 703. The summed E-state index contributed by atoms with van der Waals surface area (Å²) in [7, 11) is 0. The van der Waals surface area contributed by atoms with Crippen LogP contribution in [0.3, 0.4) is 0 Å². The van der Waals surface area contributed by atoms with Crippen LogP contribution in [-0.2, 0) is 4.79 Å². The van der Waals surface area contributed by atoms with Gasteiger partial charge in [-0.25, -0.2) is 4.39 Å². The maximum Gasteiger partial charge on any atom is 0.223 e. The van der Waals surface area contributed by atoms with Gasteiger partial charge in [-0.05, 0) is 86.3 Å². The van der Waals surface area contributed by atoms with E-state index < -0.39 is 0 Å². The van der Waals surface area contributed by atoms with Crippen LogP contribution in [0.15, 0.2) is 24.3 Å². The number of halogens is 2. The highest BCUT2D eigenvalue weighted by molar-refractivity contribution is 9.10. The van der Waals surface area contributed by atoms with Gasteiger partial charge in [0.2, 0.25) is 5.91 Å². The summed E-state index contributed by atoms with van der Waals surface area (Å²) in [5, 5.41) is 0. The van der Waals surface area contributed by atoms with Gasteiger partial charge in [0.15, 0.2) is 0 Å². The third-order valence-corrected chi connectivity index (χ3v) is 8.39. The molecule has 4 heteroatoms. The largest absolute Gasteiger partial charge is 0.336 e. The van der Waals surface area contributed by atoms with Crippen LogP contribution < -0.4 is 0 Å². The second-order valence-corrected chi connectivity index (χ2v) is 11.3. The van der Waals surface area contributed by atoms with E-state index in [-0.39, 0.29) is 17.3 Å². The lowest BCUT2D eigenvalue weighted by molar-refractivity contribution is -0.139. The highest BCUT2D eigenvalue weighted by Gasteiger charge is 2.57. The zero-order chi connectivity index (χ0) is 17.9. The summed E-state index contributed by atoms with van der Waals surface area (Å²) in [6.07, 6.45) is 10.4. The molecule has 26 heavy (non-hydrogen) atoms. The van der Waals surface area contributed by atoms with Gasteiger partial charge in [0.1, 0.15) is 5.82 Å². The van der Waals surface area contributed by atoms with Gasteiger partial charge >= 0.3 is 0 Å². The summed E-state index contributed by atoms with van der Waals surface area (Å²) in [6, 6.07) is 6.87. The van der Waals surface area contributed by atoms with Crippen molar-refractivity contribution in [3.8, 4) is 0 Å². The molecule has 140 valence electrons. The highest BCUT2D eigenvalue weighted by Crippen LogP contribution is 2.65. The maximum atomic E-state index is 13.3. The molecule has 0 radical (unpaired) electrons. The summed E-state index contributed by atoms with van der Waals surface area (Å²) in [5.41, 5.74) is 1.31. The van der Waals surface area contributed by atoms with Crippen molar-refractivity contribution in [3.63, 3.8) is 0 Å². The van der Waals surface area contributed by atoms with Crippen molar-refractivity contribution in [2.24, 2.45) is 17.3 Å². The SMILES string of the molecule is O=C(CC12CC3CC(CC(Br)(C3)C1)C2)N1CCCC1c1ccc(F)cc1. The second-order valence-electron chi connectivity index (χ2n) is 9.59. The molecular formula is C22H27BrFNO. The monoisotopic (exact) mass is 419 g/mol. The molecule has 2 nitrogen and oxygen atoms in total. The Hall–Kier alpha value is -0.900. The van der Waals surface area contributed by atoms with Crippen molar-refractivity contribution in [2.75, 3.05) is 6.54 Å². The molecule has 1 saturated heterocycles. The van der Waals surface area contributed by atoms with Gasteiger partial charge < -0.3 is 4.90 Å². The Morgan fingerprint density at radius 3 is 2.50 bits per heavy atom. The number of hydrogen-bond donors (Lipinski definition) is 0. The summed E-state index contributed by atoms with van der Waals surface area (Å²) in [6.45, 7) is 0.850. The number of carbonyl (C=O) groups excluding carboxylic acids is 1. The van der Waals surface area contributed by atoms with E-state index >= 15 is 0 Å². The first-order valence-electron chi connectivity index (χ1n) is 10.2. The number of nitrogens with zero attached hydrogens (tertiary/aromatic N) is 1. The van der Waals surface area contributed by atoms with Crippen LogP contribution in [0.1, 0.15) is 69.4 Å². The van der Waals surface area contributed by atoms with Crippen LogP contribution in [0.2, 0.25) is 0 Å². The zero-order valence-corrected chi connectivity index (χ0v) is 16.8. The lowest BCUT2D eigenvalue weighted by Gasteiger charge is -2.60. The minimum atomic E-state index is -0.208. The normalized spacial score (nSPS) is 41.0. The van der Waals surface area contributed by atoms with Crippen molar-refractivity contribution in [1.82, 2.24) is 4.90 Å². The number of rotatable bonds is 3. The smallest absolute Gasteiger partial charge is 0.223 e. The van der Waals surface area contributed by atoms with Gasteiger partial charge in [0.05, 0.1) is 6.04 Å². The van der Waals surface area contributed by atoms with E-state index in [2.05, 4.69) is 20.8 Å². The summed E-state index contributed by atoms with van der Waals surface area (Å²) in [5.74, 6) is 1.75. The van der Waals surface area contributed by atoms with E-state index in [0.717, 1.165) is 36.8 Å². The summed E-state index contributed by atoms with van der Waals surface area (Å²) >= 11 is 4.06. The Kier molecular flexibility index (Phi) is 4.01. The fourth-order valence-corrected chi connectivity index (χ4v) is 8.57. The molecule has 3 unspecified atom stereocenters. The van der Waals surface area contributed by atoms with Gasteiger partial charge in [0, 0.05) is 17.3 Å². The number of amides is 1. The molecule has 4 saturated carbocycles. The summed E-state index contributed by atoms with van der Waals surface area (Å²) in [4.78, 5) is 15.4. The van der Waals surface area contributed by atoms with Crippen molar-refractivity contribution in [1.29, 1.82) is 0 Å². The van der Waals surface area contributed by atoms with Gasteiger partial charge in [-0.3, -0.25) is 4.79 Å². The Morgan fingerprint density at radius 2 is 1.85 bits per heavy atom. The number of alkyl halides is 1. The van der Waals surface area contributed by atoms with Crippen LogP contribution in [0.5, 0.6) is 0 Å². The van der Waals surface area contributed by atoms with Crippen LogP contribution >= 0.6 is 15.9 Å². The molecule has 0 spiro atoms. The molecule has 1 aromatic rings. The third-order valence-electron chi connectivity index (χ3n) is 7.47. The Labute approximate surface area is 163 Å². The topological polar surface area (TPSA) is 20.3 Å². The standard InChI is InChI=1S/C22H27BrFNO/c23-22-11-15-8-16(12-22)10-21(9-15,14-22)13-20(26)25-7-1-2-19(25)17-3-5-18(24)6-4-17/h3-6,15-16,19H,1-2,7-14H2. The van der Waals surface area contributed by atoms with Crippen molar-refractivity contribution in [3.05, 3.63) is 35.6 Å². The van der Waals surface area contributed by atoms with Crippen LogP contribution in [-0.4, -0.2) is 21.7 Å². The Balaban J connectivity index is 1.34. The average molecular weight is 420 g/mol. The molecule has 6 rings (SSSR count). The lowest BCUT2D eigenvalue weighted by atomic mass is 9.48. The first-order chi connectivity index (χ1) is 12.4. The molecule has 1 heterocycles. The van der Waals surface area contributed by atoms with Crippen molar-refractivity contribution in [2.45, 2.75) is 68.2 Å². The molecule has 0 aromatic heterocycles. The summed E-state index contributed by atoms with van der Waals surface area (Å²) < 4.78 is 13.6. The van der Waals surface area contributed by atoms with Crippen molar-refractivity contribution >= 4 is 21.8 Å². The molecule has 1 aliphatic heterocycles. The molecule has 5 aliphatic rings.